The van der Waals surface area contributed by atoms with Gasteiger partial charge < -0.3 is 5.32 Å². The minimum atomic E-state index is 0.687. The van der Waals surface area contributed by atoms with E-state index in [1.54, 1.807) is 0 Å². The summed E-state index contributed by atoms with van der Waals surface area (Å²) in [6.07, 6.45) is 0. The highest BCUT2D eigenvalue weighted by Gasteiger charge is 2.03. The summed E-state index contributed by atoms with van der Waals surface area (Å²) in [7, 11) is 0. The molecule has 1 N–H and O–H groups in total. The first-order valence-corrected chi connectivity index (χ1v) is 7.95. The van der Waals surface area contributed by atoms with E-state index in [1.165, 1.54) is 0 Å². The highest BCUT2D eigenvalue weighted by atomic mass is 79.9. The lowest BCUT2D eigenvalue weighted by atomic mass is 10.2. The van der Waals surface area contributed by atoms with Crippen LogP contribution in [0.5, 0.6) is 0 Å². The largest absolute Gasteiger partial charge is 0.380 e. The zero-order valence-corrected chi connectivity index (χ0v) is 14.7. The van der Waals surface area contributed by atoms with Gasteiger partial charge in [-0.05, 0) is 51.8 Å². The Morgan fingerprint density at radius 1 is 0.944 bits per heavy atom. The second-order valence-corrected chi connectivity index (χ2v) is 6.81. The summed E-state index contributed by atoms with van der Waals surface area (Å²) in [5.74, 6) is 0. The predicted molar refractivity (Wildman–Crippen MR) is 88.3 cm³/mol. The average molecular weight is 454 g/mol. The minimum absolute atomic E-state index is 0.687. The molecule has 94 valence electrons. The van der Waals surface area contributed by atoms with E-state index in [9.17, 15) is 0 Å². The van der Waals surface area contributed by atoms with Crippen molar-refractivity contribution in [2.24, 2.45) is 0 Å². The van der Waals surface area contributed by atoms with E-state index in [0.29, 0.717) is 6.54 Å². The zero-order chi connectivity index (χ0) is 13.1. The molecule has 0 atom stereocenters. The van der Waals surface area contributed by atoms with Crippen molar-refractivity contribution in [1.29, 1.82) is 0 Å². The van der Waals surface area contributed by atoms with Crippen LogP contribution in [-0.4, -0.2) is 0 Å². The van der Waals surface area contributed by atoms with Gasteiger partial charge in [0.25, 0.3) is 0 Å². The molecule has 18 heavy (non-hydrogen) atoms. The van der Waals surface area contributed by atoms with Crippen LogP contribution in [0.4, 0.5) is 5.69 Å². The van der Waals surface area contributed by atoms with Gasteiger partial charge in [0.2, 0.25) is 0 Å². The number of halogens is 4. The Hall–Kier alpha value is -0.0300. The van der Waals surface area contributed by atoms with Gasteiger partial charge in [-0.1, -0.05) is 49.5 Å². The molecule has 0 spiro atoms. The van der Waals surface area contributed by atoms with Crippen LogP contribution in [0.15, 0.2) is 49.8 Å². The molecule has 0 bridgehead atoms. The van der Waals surface area contributed by atoms with E-state index in [-0.39, 0.29) is 0 Å². The molecule has 0 amide bonds. The maximum atomic E-state index is 6.17. The number of benzene rings is 2. The van der Waals surface area contributed by atoms with Crippen LogP contribution in [0, 0.1) is 0 Å². The summed E-state index contributed by atoms with van der Waals surface area (Å²) in [6.45, 7) is 0.687. The monoisotopic (exact) mass is 451 g/mol. The van der Waals surface area contributed by atoms with Crippen LogP contribution in [0.25, 0.3) is 0 Å². The van der Waals surface area contributed by atoms with Crippen molar-refractivity contribution in [3.05, 3.63) is 60.4 Å². The Bertz CT molecular complexity index is 521. The van der Waals surface area contributed by atoms with Crippen molar-refractivity contribution in [3.63, 3.8) is 0 Å². The third-order valence-electron chi connectivity index (χ3n) is 2.42. The fourth-order valence-corrected chi connectivity index (χ4v) is 3.42. The van der Waals surface area contributed by atoms with Gasteiger partial charge in [-0.25, -0.2) is 0 Å². The van der Waals surface area contributed by atoms with Crippen LogP contribution in [0.3, 0.4) is 0 Å². The Kier molecular flexibility index (Phi) is 5.13. The molecule has 0 aliphatic carbocycles. The first-order valence-electron chi connectivity index (χ1n) is 5.19. The molecule has 0 saturated heterocycles. The Labute approximate surface area is 136 Å². The minimum Gasteiger partial charge on any atom is -0.380 e. The number of hydrogen-bond donors (Lipinski definition) is 1. The number of nitrogens with one attached hydrogen (secondary N) is 1. The van der Waals surface area contributed by atoms with E-state index < -0.39 is 0 Å². The average Bonchev–Trinajstić information content (AvgIpc) is 2.30. The van der Waals surface area contributed by atoms with Gasteiger partial charge in [0.05, 0.1) is 0 Å². The SMILES string of the molecule is Clc1cc(Br)ccc1CNc1ccc(Br)cc1Br. The molecule has 0 aromatic heterocycles. The van der Waals surface area contributed by atoms with E-state index in [4.69, 9.17) is 11.6 Å². The summed E-state index contributed by atoms with van der Waals surface area (Å²) >= 11 is 16.5. The highest BCUT2D eigenvalue weighted by molar-refractivity contribution is 9.11. The molecule has 0 aliphatic heterocycles. The lowest BCUT2D eigenvalue weighted by Crippen LogP contribution is -2.00. The predicted octanol–water partition coefficient (Wildman–Crippen LogP) is 6.24. The van der Waals surface area contributed by atoms with Crippen LogP contribution < -0.4 is 5.32 Å². The maximum Gasteiger partial charge on any atom is 0.0488 e. The van der Waals surface area contributed by atoms with E-state index in [1.807, 2.05) is 36.4 Å². The Balaban J connectivity index is 2.11. The summed E-state index contributed by atoms with van der Waals surface area (Å²) in [6, 6.07) is 11.9. The molecule has 0 radical (unpaired) electrons. The topological polar surface area (TPSA) is 12.0 Å². The molecule has 2 aromatic carbocycles. The van der Waals surface area contributed by atoms with Crippen molar-refractivity contribution < 1.29 is 0 Å². The first-order chi connectivity index (χ1) is 8.56. The summed E-state index contributed by atoms with van der Waals surface area (Å²) in [4.78, 5) is 0. The van der Waals surface area contributed by atoms with Crippen LogP contribution in [0.1, 0.15) is 5.56 Å². The summed E-state index contributed by atoms with van der Waals surface area (Å²) in [5.41, 5.74) is 2.10. The molecule has 0 fully saturated rings. The molecular weight excluding hydrogens is 445 g/mol. The summed E-state index contributed by atoms with van der Waals surface area (Å²) in [5, 5.41) is 4.10. The molecule has 0 saturated carbocycles. The maximum absolute atomic E-state index is 6.17. The molecule has 2 aromatic rings. The van der Waals surface area contributed by atoms with Gasteiger partial charge in [-0.3, -0.25) is 0 Å². The van der Waals surface area contributed by atoms with Gasteiger partial charge in [0.15, 0.2) is 0 Å². The fourth-order valence-electron chi connectivity index (χ4n) is 1.49. The van der Waals surface area contributed by atoms with Gasteiger partial charge in [-0.2, -0.15) is 0 Å². The zero-order valence-electron chi connectivity index (χ0n) is 9.18. The quantitative estimate of drug-likeness (QED) is 0.579. The van der Waals surface area contributed by atoms with Gasteiger partial charge in [0, 0.05) is 30.7 Å². The molecule has 0 unspecified atom stereocenters. The van der Waals surface area contributed by atoms with Crippen LogP contribution >= 0.6 is 59.4 Å². The van der Waals surface area contributed by atoms with Crippen molar-refractivity contribution in [2.45, 2.75) is 6.54 Å². The number of anilines is 1. The normalized spacial score (nSPS) is 10.4. The smallest absolute Gasteiger partial charge is 0.0488 e. The highest BCUT2D eigenvalue weighted by Crippen LogP contribution is 2.28. The third-order valence-corrected chi connectivity index (χ3v) is 4.41. The van der Waals surface area contributed by atoms with Crippen molar-refractivity contribution in [2.75, 3.05) is 5.32 Å². The lowest BCUT2D eigenvalue weighted by molar-refractivity contribution is 1.14. The van der Waals surface area contributed by atoms with Gasteiger partial charge in [-0.15, -0.1) is 0 Å². The standard InChI is InChI=1S/C13H9Br3ClN/c14-9-3-4-13(11(16)5-9)18-7-8-1-2-10(15)6-12(8)17/h1-6,18H,7H2. The number of hydrogen-bond acceptors (Lipinski definition) is 1. The number of rotatable bonds is 3. The second kappa shape index (κ2) is 6.42. The van der Waals surface area contributed by atoms with Crippen LogP contribution in [0.2, 0.25) is 5.02 Å². The van der Waals surface area contributed by atoms with Crippen molar-refractivity contribution in [3.8, 4) is 0 Å². The summed E-state index contributed by atoms with van der Waals surface area (Å²) < 4.78 is 3.05. The molecule has 5 heteroatoms. The van der Waals surface area contributed by atoms with Crippen LogP contribution in [-0.2, 0) is 6.54 Å². The Morgan fingerprint density at radius 2 is 1.61 bits per heavy atom. The van der Waals surface area contributed by atoms with Gasteiger partial charge >= 0.3 is 0 Å². The van der Waals surface area contributed by atoms with Crippen molar-refractivity contribution in [1.82, 2.24) is 0 Å². The Morgan fingerprint density at radius 3 is 2.28 bits per heavy atom. The van der Waals surface area contributed by atoms with Crippen molar-refractivity contribution >= 4 is 65.1 Å². The second-order valence-electron chi connectivity index (χ2n) is 3.71. The molecule has 0 heterocycles. The lowest BCUT2D eigenvalue weighted by Gasteiger charge is -2.10. The van der Waals surface area contributed by atoms with Gasteiger partial charge in [0.1, 0.15) is 0 Å². The van der Waals surface area contributed by atoms with E-state index >= 15 is 0 Å². The van der Waals surface area contributed by atoms with E-state index in [0.717, 1.165) is 29.7 Å². The molecule has 2 rings (SSSR count). The van der Waals surface area contributed by atoms with E-state index in [2.05, 4.69) is 53.1 Å². The molecule has 0 aliphatic rings. The fraction of sp³-hybridized carbons (Fsp3) is 0.0769. The molecular formula is C13H9Br3ClN. The first kappa shape index (κ1) is 14.4. The molecule has 1 nitrogen and oxygen atoms in total. The third kappa shape index (κ3) is 3.73.